The van der Waals surface area contributed by atoms with E-state index in [1.165, 1.54) is 0 Å². The Morgan fingerprint density at radius 3 is 3.07 bits per heavy atom. The van der Waals surface area contributed by atoms with Gasteiger partial charge in [-0.2, -0.15) is 0 Å². The minimum Gasteiger partial charge on any atom is -0.273 e. The van der Waals surface area contributed by atoms with Crippen LogP contribution in [0.15, 0.2) is 30.6 Å². The normalized spacial score (nSPS) is 10.4. The third kappa shape index (κ3) is 1.46. The lowest BCUT2D eigenvalue weighted by molar-refractivity contribution is -0.116. The Kier molecular flexibility index (Phi) is 2.18. The zero-order chi connectivity index (χ0) is 9.97. The molecule has 0 saturated heterocycles. The van der Waals surface area contributed by atoms with Crippen LogP contribution < -0.4 is 5.43 Å². The molecule has 0 spiro atoms. The van der Waals surface area contributed by atoms with Crippen molar-refractivity contribution in [2.24, 2.45) is 0 Å². The van der Waals surface area contributed by atoms with Crippen molar-refractivity contribution in [1.82, 2.24) is 9.66 Å². The average molecular weight is 189 g/mol. The van der Waals surface area contributed by atoms with Gasteiger partial charge in [0.05, 0.1) is 11.0 Å². The number of carbonyl (C=O) groups excluding carboxylic acids is 1. The van der Waals surface area contributed by atoms with E-state index in [0.717, 1.165) is 11.0 Å². The highest BCUT2D eigenvalue weighted by Crippen LogP contribution is 2.09. The van der Waals surface area contributed by atoms with Crippen LogP contribution in [0.2, 0.25) is 0 Å². The smallest absolute Gasteiger partial charge is 0.238 e. The summed E-state index contributed by atoms with van der Waals surface area (Å²) in [7, 11) is 0. The van der Waals surface area contributed by atoms with Gasteiger partial charge in [0.2, 0.25) is 5.91 Å². The van der Waals surface area contributed by atoms with E-state index in [1.54, 1.807) is 11.0 Å². The Balaban J connectivity index is 2.38. The second-order valence-corrected chi connectivity index (χ2v) is 2.99. The third-order valence-corrected chi connectivity index (χ3v) is 2.02. The van der Waals surface area contributed by atoms with Gasteiger partial charge in [-0.1, -0.05) is 19.1 Å². The number of nitrogens with zero attached hydrogens (tertiary/aromatic N) is 2. The molecule has 72 valence electrons. The van der Waals surface area contributed by atoms with Gasteiger partial charge >= 0.3 is 0 Å². The van der Waals surface area contributed by atoms with Crippen LogP contribution in [0.5, 0.6) is 0 Å². The van der Waals surface area contributed by atoms with Crippen LogP contribution >= 0.6 is 0 Å². The number of hydrogen-bond donors (Lipinski definition) is 1. The number of imidazole rings is 1. The lowest BCUT2D eigenvalue weighted by Gasteiger charge is -2.04. The number of para-hydroxylation sites is 2. The number of amides is 1. The van der Waals surface area contributed by atoms with E-state index in [1.807, 2.05) is 31.2 Å². The predicted molar refractivity (Wildman–Crippen MR) is 54.4 cm³/mol. The summed E-state index contributed by atoms with van der Waals surface area (Å²) in [4.78, 5) is 15.3. The van der Waals surface area contributed by atoms with E-state index in [0.29, 0.717) is 6.42 Å². The number of hydrogen-bond acceptors (Lipinski definition) is 2. The predicted octanol–water partition coefficient (Wildman–Crippen LogP) is 1.52. The van der Waals surface area contributed by atoms with E-state index < -0.39 is 0 Å². The van der Waals surface area contributed by atoms with Gasteiger partial charge in [-0.25, -0.2) is 9.66 Å². The minimum atomic E-state index is -0.0202. The lowest BCUT2D eigenvalue weighted by Crippen LogP contribution is -2.20. The molecule has 0 saturated carbocycles. The summed E-state index contributed by atoms with van der Waals surface area (Å²) in [6, 6.07) is 7.65. The second kappa shape index (κ2) is 3.49. The largest absolute Gasteiger partial charge is 0.273 e. The van der Waals surface area contributed by atoms with Gasteiger partial charge in [0.1, 0.15) is 6.33 Å². The van der Waals surface area contributed by atoms with E-state index >= 15 is 0 Å². The molecular weight excluding hydrogens is 178 g/mol. The molecule has 1 amide bonds. The molecule has 0 radical (unpaired) electrons. The molecule has 1 heterocycles. The summed E-state index contributed by atoms with van der Waals surface area (Å²) in [5.74, 6) is -0.0202. The quantitative estimate of drug-likeness (QED) is 0.778. The molecule has 2 rings (SSSR count). The molecule has 0 aliphatic rings. The zero-order valence-corrected chi connectivity index (χ0v) is 7.90. The van der Waals surface area contributed by atoms with Gasteiger partial charge in [0.15, 0.2) is 0 Å². The molecule has 0 unspecified atom stereocenters. The molecule has 4 heteroatoms. The highest BCUT2D eigenvalue weighted by molar-refractivity contribution is 5.86. The van der Waals surface area contributed by atoms with Gasteiger partial charge < -0.3 is 0 Å². The summed E-state index contributed by atoms with van der Waals surface area (Å²) in [6.45, 7) is 1.81. The number of fused-ring (bicyclic) bond motifs is 1. The van der Waals surface area contributed by atoms with Crippen LogP contribution in [0, 0.1) is 0 Å². The molecule has 4 nitrogen and oxygen atoms in total. The standard InChI is InChI=1S/C10H11N3O/c1-2-10(14)12-13-7-11-8-5-3-4-6-9(8)13/h3-7H,2H2,1H3,(H,12,14). The Hall–Kier alpha value is -1.84. The van der Waals surface area contributed by atoms with Crippen molar-refractivity contribution in [3.05, 3.63) is 30.6 Å². The van der Waals surface area contributed by atoms with Crippen molar-refractivity contribution in [2.75, 3.05) is 5.43 Å². The maximum atomic E-state index is 11.2. The second-order valence-electron chi connectivity index (χ2n) is 2.99. The lowest BCUT2D eigenvalue weighted by atomic mass is 10.3. The van der Waals surface area contributed by atoms with Crippen molar-refractivity contribution < 1.29 is 4.79 Å². The first-order chi connectivity index (χ1) is 6.81. The SMILES string of the molecule is CCC(=O)Nn1cnc2ccccc21. The van der Waals surface area contributed by atoms with Crippen molar-refractivity contribution in [1.29, 1.82) is 0 Å². The van der Waals surface area contributed by atoms with Gasteiger partial charge in [-0.15, -0.1) is 0 Å². The van der Waals surface area contributed by atoms with Crippen molar-refractivity contribution in [3.63, 3.8) is 0 Å². The molecule has 0 aliphatic heterocycles. The Bertz CT molecular complexity index is 461. The molecule has 0 fully saturated rings. The summed E-state index contributed by atoms with van der Waals surface area (Å²) in [5, 5.41) is 0. The maximum absolute atomic E-state index is 11.2. The zero-order valence-electron chi connectivity index (χ0n) is 7.90. The first kappa shape index (κ1) is 8.74. The highest BCUT2D eigenvalue weighted by atomic mass is 16.2. The Morgan fingerprint density at radius 2 is 2.29 bits per heavy atom. The van der Waals surface area contributed by atoms with Gasteiger partial charge in [0, 0.05) is 6.42 Å². The summed E-state index contributed by atoms with van der Waals surface area (Å²) < 4.78 is 1.64. The maximum Gasteiger partial charge on any atom is 0.238 e. The fraction of sp³-hybridized carbons (Fsp3) is 0.200. The van der Waals surface area contributed by atoms with Crippen LogP contribution in [0.1, 0.15) is 13.3 Å². The number of carbonyl (C=O) groups is 1. The fourth-order valence-corrected chi connectivity index (χ4v) is 1.26. The molecule has 1 aromatic carbocycles. The highest BCUT2D eigenvalue weighted by Gasteiger charge is 2.02. The summed E-state index contributed by atoms with van der Waals surface area (Å²) in [5.41, 5.74) is 4.52. The number of nitrogens with one attached hydrogen (secondary N) is 1. The average Bonchev–Trinajstić information content (AvgIpc) is 2.62. The first-order valence-electron chi connectivity index (χ1n) is 4.53. The number of benzene rings is 1. The van der Waals surface area contributed by atoms with Crippen LogP contribution in [0.3, 0.4) is 0 Å². The monoisotopic (exact) mass is 189 g/mol. The molecule has 0 aliphatic carbocycles. The van der Waals surface area contributed by atoms with Crippen LogP contribution in [0.4, 0.5) is 0 Å². The minimum absolute atomic E-state index is 0.0202. The van der Waals surface area contributed by atoms with Crippen LogP contribution in [-0.2, 0) is 4.79 Å². The fourth-order valence-electron chi connectivity index (χ4n) is 1.26. The Labute approximate surface area is 81.5 Å². The number of rotatable bonds is 2. The van der Waals surface area contributed by atoms with Gasteiger partial charge in [0.25, 0.3) is 0 Å². The van der Waals surface area contributed by atoms with E-state index in [-0.39, 0.29) is 5.91 Å². The van der Waals surface area contributed by atoms with E-state index in [4.69, 9.17) is 0 Å². The molecule has 1 N–H and O–H groups in total. The summed E-state index contributed by atoms with van der Waals surface area (Å²) >= 11 is 0. The molecule has 0 bridgehead atoms. The molecular formula is C10H11N3O. The molecule has 0 atom stereocenters. The summed E-state index contributed by atoms with van der Waals surface area (Å²) in [6.07, 6.45) is 2.07. The first-order valence-corrected chi connectivity index (χ1v) is 4.53. The van der Waals surface area contributed by atoms with Crippen molar-refractivity contribution in [3.8, 4) is 0 Å². The molecule has 1 aromatic heterocycles. The Morgan fingerprint density at radius 1 is 1.50 bits per heavy atom. The van der Waals surface area contributed by atoms with Crippen LogP contribution in [-0.4, -0.2) is 15.6 Å². The molecule has 2 aromatic rings. The topological polar surface area (TPSA) is 46.9 Å². The van der Waals surface area contributed by atoms with Gasteiger partial charge in [-0.05, 0) is 12.1 Å². The molecule has 14 heavy (non-hydrogen) atoms. The van der Waals surface area contributed by atoms with Crippen LogP contribution in [0.25, 0.3) is 11.0 Å². The number of aromatic nitrogens is 2. The van der Waals surface area contributed by atoms with Crippen molar-refractivity contribution in [2.45, 2.75) is 13.3 Å². The van der Waals surface area contributed by atoms with E-state index in [2.05, 4.69) is 10.4 Å². The third-order valence-electron chi connectivity index (χ3n) is 2.02. The van der Waals surface area contributed by atoms with Gasteiger partial charge in [-0.3, -0.25) is 10.2 Å². The van der Waals surface area contributed by atoms with Crippen molar-refractivity contribution >= 4 is 16.9 Å². The van der Waals surface area contributed by atoms with E-state index in [9.17, 15) is 4.79 Å².